The van der Waals surface area contributed by atoms with E-state index in [0.717, 1.165) is 6.54 Å². The van der Waals surface area contributed by atoms with Crippen molar-refractivity contribution in [2.75, 3.05) is 6.54 Å². The van der Waals surface area contributed by atoms with Crippen molar-refractivity contribution in [2.45, 2.75) is 25.3 Å². The molecule has 2 heteroatoms. The average molecular weight is 137 g/mol. The van der Waals surface area contributed by atoms with Gasteiger partial charge < -0.3 is 4.90 Å². The molecule has 1 saturated heterocycles. The number of rotatable bonds is 0. The van der Waals surface area contributed by atoms with Gasteiger partial charge in [0.1, 0.15) is 0 Å². The summed E-state index contributed by atoms with van der Waals surface area (Å²) in [5.74, 6) is 0.213. The predicted molar refractivity (Wildman–Crippen MR) is 38.5 cm³/mol. The van der Waals surface area contributed by atoms with Crippen molar-refractivity contribution in [3.05, 3.63) is 12.2 Å². The smallest absolute Gasteiger partial charge is 0.246 e. The van der Waals surface area contributed by atoms with Crippen LogP contribution in [0.3, 0.4) is 0 Å². The van der Waals surface area contributed by atoms with Crippen LogP contribution in [0.4, 0.5) is 0 Å². The van der Waals surface area contributed by atoms with E-state index < -0.39 is 0 Å². The molecule has 2 nitrogen and oxygen atoms in total. The zero-order valence-electron chi connectivity index (χ0n) is 5.92. The van der Waals surface area contributed by atoms with E-state index >= 15 is 0 Å². The molecular formula is C8H11NO. The zero-order valence-corrected chi connectivity index (χ0v) is 5.92. The molecule has 0 aromatic carbocycles. The van der Waals surface area contributed by atoms with Crippen LogP contribution in [0.5, 0.6) is 0 Å². The fourth-order valence-corrected chi connectivity index (χ4v) is 1.72. The maximum Gasteiger partial charge on any atom is 0.246 e. The molecule has 10 heavy (non-hydrogen) atoms. The Hall–Kier alpha value is -0.790. The fraction of sp³-hybridized carbons (Fsp3) is 0.625. The van der Waals surface area contributed by atoms with Gasteiger partial charge in [-0.1, -0.05) is 6.08 Å². The Morgan fingerprint density at radius 2 is 2.40 bits per heavy atom. The van der Waals surface area contributed by atoms with E-state index in [9.17, 15) is 4.79 Å². The number of hydrogen-bond donors (Lipinski definition) is 0. The molecule has 0 N–H and O–H groups in total. The number of amides is 1. The van der Waals surface area contributed by atoms with Crippen molar-refractivity contribution < 1.29 is 4.79 Å². The van der Waals surface area contributed by atoms with Gasteiger partial charge in [-0.25, -0.2) is 0 Å². The molecule has 2 aliphatic rings. The number of hydrogen-bond acceptors (Lipinski definition) is 1. The molecule has 1 fully saturated rings. The van der Waals surface area contributed by atoms with Crippen LogP contribution in [0.25, 0.3) is 0 Å². The van der Waals surface area contributed by atoms with E-state index in [1.165, 1.54) is 19.3 Å². The molecule has 1 amide bonds. The Labute approximate surface area is 60.5 Å². The summed E-state index contributed by atoms with van der Waals surface area (Å²) in [7, 11) is 0. The number of nitrogens with zero attached hydrogens (tertiary/aromatic N) is 1. The van der Waals surface area contributed by atoms with Crippen LogP contribution in [0.1, 0.15) is 19.3 Å². The summed E-state index contributed by atoms with van der Waals surface area (Å²) in [4.78, 5) is 13.0. The van der Waals surface area contributed by atoms with Crippen LogP contribution in [0.2, 0.25) is 0 Å². The standard InChI is InChI=1S/C8H11NO/c10-8-5-4-7-3-1-2-6-9(7)8/h4-5,7H,1-3,6H2/t7-/m1/s1. The molecule has 0 bridgehead atoms. The maximum absolute atomic E-state index is 11.0. The van der Waals surface area contributed by atoms with Gasteiger partial charge in [0.05, 0.1) is 6.04 Å². The van der Waals surface area contributed by atoms with Gasteiger partial charge in [-0.05, 0) is 19.3 Å². The quantitative estimate of drug-likeness (QED) is 0.486. The van der Waals surface area contributed by atoms with E-state index in [4.69, 9.17) is 0 Å². The second-order valence-electron chi connectivity index (χ2n) is 2.95. The van der Waals surface area contributed by atoms with Crippen LogP contribution in [0.15, 0.2) is 12.2 Å². The number of carbonyl (C=O) groups is 1. The molecule has 0 aliphatic carbocycles. The summed E-state index contributed by atoms with van der Waals surface area (Å²) in [6.45, 7) is 0.969. The molecular weight excluding hydrogens is 126 g/mol. The molecule has 1 atom stereocenters. The minimum Gasteiger partial charge on any atom is -0.333 e. The van der Waals surface area contributed by atoms with Crippen molar-refractivity contribution in [3.8, 4) is 0 Å². The third-order valence-corrected chi connectivity index (χ3v) is 2.29. The van der Waals surface area contributed by atoms with Crippen LogP contribution < -0.4 is 0 Å². The molecule has 2 aliphatic heterocycles. The molecule has 2 rings (SSSR count). The topological polar surface area (TPSA) is 20.3 Å². The molecule has 2 heterocycles. The summed E-state index contributed by atoms with van der Waals surface area (Å²) in [5.41, 5.74) is 0. The predicted octanol–water partition coefficient (Wildman–Crippen LogP) is 0.937. The van der Waals surface area contributed by atoms with Crippen molar-refractivity contribution in [2.24, 2.45) is 0 Å². The van der Waals surface area contributed by atoms with Crippen molar-refractivity contribution >= 4 is 5.91 Å². The zero-order chi connectivity index (χ0) is 6.97. The van der Waals surface area contributed by atoms with Crippen LogP contribution in [-0.4, -0.2) is 23.4 Å². The Kier molecular flexibility index (Phi) is 1.26. The third-order valence-electron chi connectivity index (χ3n) is 2.29. The van der Waals surface area contributed by atoms with Gasteiger partial charge in [0, 0.05) is 12.6 Å². The summed E-state index contributed by atoms with van der Waals surface area (Å²) in [5, 5.41) is 0. The van der Waals surface area contributed by atoms with Gasteiger partial charge in [0.2, 0.25) is 5.91 Å². The van der Waals surface area contributed by atoms with Crippen LogP contribution in [0, 0.1) is 0 Å². The Balaban J connectivity index is 2.14. The summed E-state index contributed by atoms with van der Waals surface area (Å²) in [6.07, 6.45) is 7.36. The lowest BCUT2D eigenvalue weighted by Crippen LogP contribution is -2.37. The fourth-order valence-electron chi connectivity index (χ4n) is 1.72. The second kappa shape index (κ2) is 2.11. The molecule has 0 spiro atoms. The van der Waals surface area contributed by atoms with E-state index in [2.05, 4.69) is 0 Å². The first-order valence-corrected chi connectivity index (χ1v) is 3.87. The van der Waals surface area contributed by atoms with Gasteiger partial charge in [-0.3, -0.25) is 4.79 Å². The average Bonchev–Trinajstić information content (AvgIpc) is 2.34. The van der Waals surface area contributed by atoms with Crippen molar-refractivity contribution in [1.29, 1.82) is 0 Å². The highest BCUT2D eigenvalue weighted by Crippen LogP contribution is 2.22. The van der Waals surface area contributed by atoms with Crippen molar-refractivity contribution in [3.63, 3.8) is 0 Å². The first-order valence-electron chi connectivity index (χ1n) is 3.87. The Morgan fingerprint density at radius 1 is 1.50 bits per heavy atom. The number of carbonyl (C=O) groups excluding carboxylic acids is 1. The summed E-state index contributed by atoms with van der Waals surface area (Å²) >= 11 is 0. The molecule has 0 aromatic rings. The van der Waals surface area contributed by atoms with Crippen LogP contribution in [-0.2, 0) is 4.79 Å². The minimum absolute atomic E-state index is 0.213. The first-order chi connectivity index (χ1) is 4.88. The Morgan fingerprint density at radius 3 is 3.20 bits per heavy atom. The minimum atomic E-state index is 0.213. The molecule has 0 unspecified atom stereocenters. The normalized spacial score (nSPS) is 31.0. The SMILES string of the molecule is O=C1C=C[C@H]2CCCCN12. The lowest BCUT2D eigenvalue weighted by molar-refractivity contribution is -0.126. The summed E-state index contributed by atoms with van der Waals surface area (Å²) < 4.78 is 0. The highest BCUT2D eigenvalue weighted by atomic mass is 16.2. The number of fused-ring (bicyclic) bond motifs is 1. The van der Waals surface area contributed by atoms with Gasteiger partial charge in [-0.15, -0.1) is 0 Å². The highest BCUT2D eigenvalue weighted by Gasteiger charge is 2.27. The van der Waals surface area contributed by atoms with Crippen molar-refractivity contribution in [1.82, 2.24) is 4.90 Å². The van der Waals surface area contributed by atoms with Gasteiger partial charge in [0.25, 0.3) is 0 Å². The van der Waals surface area contributed by atoms with E-state index in [1.54, 1.807) is 6.08 Å². The maximum atomic E-state index is 11.0. The van der Waals surface area contributed by atoms with E-state index in [-0.39, 0.29) is 5.91 Å². The van der Waals surface area contributed by atoms with Gasteiger partial charge in [0.15, 0.2) is 0 Å². The summed E-state index contributed by atoms with van der Waals surface area (Å²) in [6, 6.07) is 0.446. The van der Waals surface area contributed by atoms with E-state index in [0.29, 0.717) is 6.04 Å². The van der Waals surface area contributed by atoms with Crippen LogP contribution >= 0.6 is 0 Å². The monoisotopic (exact) mass is 137 g/mol. The van der Waals surface area contributed by atoms with E-state index in [1.807, 2.05) is 11.0 Å². The third kappa shape index (κ3) is 0.753. The molecule has 0 radical (unpaired) electrons. The number of piperidine rings is 1. The molecule has 54 valence electrons. The lowest BCUT2D eigenvalue weighted by atomic mass is 10.1. The second-order valence-corrected chi connectivity index (χ2v) is 2.95. The molecule has 0 saturated carbocycles. The highest BCUT2D eigenvalue weighted by molar-refractivity contribution is 5.90. The Bertz CT molecular complexity index is 186. The largest absolute Gasteiger partial charge is 0.333 e. The first kappa shape index (κ1) is 5.96. The lowest BCUT2D eigenvalue weighted by Gasteiger charge is -2.28. The van der Waals surface area contributed by atoms with Gasteiger partial charge in [-0.2, -0.15) is 0 Å². The van der Waals surface area contributed by atoms with Gasteiger partial charge >= 0.3 is 0 Å². The molecule has 0 aromatic heterocycles.